The Labute approximate surface area is 120 Å². The van der Waals surface area contributed by atoms with E-state index in [0.717, 1.165) is 0 Å². The second kappa shape index (κ2) is 5.99. The van der Waals surface area contributed by atoms with Crippen LogP contribution < -0.4 is 5.32 Å². The van der Waals surface area contributed by atoms with Crippen molar-refractivity contribution in [1.29, 1.82) is 0 Å². The van der Waals surface area contributed by atoms with Crippen molar-refractivity contribution in [2.45, 2.75) is 71.3 Å². The van der Waals surface area contributed by atoms with Crippen LogP contribution in [0.3, 0.4) is 0 Å². The van der Waals surface area contributed by atoms with Crippen LogP contribution in [0.1, 0.15) is 48.0 Å². The molecule has 0 aromatic heterocycles. The topological polar surface area (TPSA) is 77.2 Å². The van der Waals surface area contributed by atoms with Crippen LogP contribution in [0.25, 0.3) is 0 Å². The zero-order valence-electron chi connectivity index (χ0n) is 13.1. The Hall–Kier alpha value is -1.30. The van der Waals surface area contributed by atoms with Crippen molar-refractivity contribution in [2.24, 2.45) is 0 Å². The molecule has 0 aliphatic carbocycles. The number of hydrogen-bond acceptors (Lipinski definition) is 5. The lowest BCUT2D eigenvalue weighted by molar-refractivity contribution is -0.157. The Kier molecular flexibility index (Phi) is 5.02. The average molecular weight is 287 g/mol. The number of hydrogen-bond donors (Lipinski definition) is 1. The number of alkyl carbamates (subject to hydrolysis) is 1. The molecule has 116 valence electrons. The van der Waals surface area contributed by atoms with Crippen molar-refractivity contribution in [2.75, 3.05) is 6.61 Å². The summed E-state index contributed by atoms with van der Waals surface area (Å²) in [6, 6.07) is -0.753. The molecule has 1 fully saturated rings. The Balaban J connectivity index is 2.59. The first-order valence-electron chi connectivity index (χ1n) is 6.80. The molecule has 0 bridgehead atoms. The van der Waals surface area contributed by atoms with Crippen LogP contribution >= 0.6 is 0 Å². The number of epoxide rings is 1. The smallest absolute Gasteiger partial charge is 0.408 e. The quantitative estimate of drug-likeness (QED) is 0.632. The van der Waals surface area contributed by atoms with E-state index < -0.39 is 29.3 Å². The Morgan fingerprint density at radius 2 is 1.65 bits per heavy atom. The predicted molar refractivity (Wildman–Crippen MR) is 73.4 cm³/mol. The van der Waals surface area contributed by atoms with E-state index in [2.05, 4.69) is 5.32 Å². The molecule has 0 saturated carbocycles. The van der Waals surface area contributed by atoms with E-state index in [1.54, 1.807) is 41.5 Å². The second-order valence-electron chi connectivity index (χ2n) is 6.92. The van der Waals surface area contributed by atoms with Gasteiger partial charge in [0.2, 0.25) is 0 Å². The molecule has 20 heavy (non-hydrogen) atoms. The van der Waals surface area contributed by atoms with Gasteiger partial charge in [-0.1, -0.05) is 0 Å². The largest absolute Gasteiger partial charge is 0.458 e. The predicted octanol–water partition coefficient (Wildman–Crippen LogP) is 2.01. The molecule has 0 unspecified atom stereocenters. The Bertz CT molecular complexity index is 363. The van der Waals surface area contributed by atoms with Crippen molar-refractivity contribution in [1.82, 2.24) is 5.32 Å². The van der Waals surface area contributed by atoms with Crippen LogP contribution in [0, 0.1) is 0 Å². The maximum absolute atomic E-state index is 12.1. The van der Waals surface area contributed by atoms with Gasteiger partial charge in [-0.05, 0) is 41.5 Å². The molecule has 1 heterocycles. The van der Waals surface area contributed by atoms with Gasteiger partial charge in [0.05, 0.1) is 12.7 Å². The highest BCUT2D eigenvalue weighted by Crippen LogP contribution is 2.19. The van der Waals surface area contributed by atoms with Gasteiger partial charge in [-0.25, -0.2) is 9.59 Å². The van der Waals surface area contributed by atoms with Gasteiger partial charge in [0, 0.05) is 6.42 Å². The number of esters is 1. The lowest BCUT2D eigenvalue weighted by Gasteiger charge is -2.26. The van der Waals surface area contributed by atoms with Gasteiger partial charge < -0.3 is 19.5 Å². The number of rotatable bonds is 4. The SMILES string of the molecule is CC(C)(C)OC(=O)N[C@@H](C[C@H]1CO1)C(=O)OC(C)(C)C. The molecule has 0 aromatic rings. The third-order valence-electron chi connectivity index (χ3n) is 2.28. The number of carbonyl (C=O) groups excluding carboxylic acids is 2. The lowest BCUT2D eigenvalue weighted by Crippen LogP contribution is -2.46. The fourth-order valence-corrected chi connectivity index (χ4v) is 1.50. The van der Waals surface area contributed by atoms with E-state index in [1.165, 1.54) is 0 Å². The van der Waals surface area contributed by atoms with E-state index in [9.17, 15) is 9.59 Å². The van der Waals surface area contributed by atoms with Gasteiger partial charge in [0.15, 0.2) is 0 Å². The summed E-state index contributed by atoms with van der Waals surface area (Å²) in [5, 5.41) is 2.55. The van der Waals surface area contributed by atoms with Crippen molar-refractivity contribution in [3.05, 3.63) is 0 Å². The summed E-state index contributed by atoms with van der Waals surface area (Å²) < 4.78 is 15.5. The molecule has 1 aliphatic heterocycles. The van der Waals surface area contributed by atoms with Crippen LogP contribution in [0.2, 0.25) is 0 Å². The first kappa shape index (κ1) is 16.8. The van der Waals surface area contributed by atoms with Gasteiger partial charge in [0.1, 0.15) is 17.2 Å². The molecule has 0 spiro atoms. The summed E-state index contributed by atoms with van der Waals surface area (Å²) in [4.78, 5) is 23.8. The van der Waals surface area contributed by atoms with E-state index in [4.69, 9.17) is 14.2 Å². The minimum atomic E-state index is -0.753. The molecule has 1 N–H and O–H groups in total. The Morgan fingerprint density at radius 3 is 2.05 bits per heavy atom. The van der Waals surface area contributed by atoms with Crippen LogP contribution in [0.4, 0.5) is 4.79 Å². The molecule has 0 radical (unpaired) electrons. The first-order valence-corrected chi connectivity index (χ1v) is 6.80. The monoisotopic (exact) mass is 287 g/mol. The third kappa shape index (κ3) is 7.33. The number of amides is 1. The first-order chi connectivity index (χ1) is 8.96. The van der Waals surface area contributed by atoms with Gasteiger partial charge in [-0.2, -0.15) is 0 Å². The zero-order valence-corrected chi connectivity index (χ0v) is 13.1. The lowest BCUT2D eigenvalue weighted by atomic mass is 10.1. The van der Waals surface area contributed by atoms with Crippen LogP contribution in [-0.4, -0.2) is 42.0 Å². The molecule has 6 nitrogen and oxygen atoms in total. The number of ether oxygens (including phenoxy) is 3. The Morgan fingerprint density at radius 1 is 1.15 bits per heavy atom. The summed E-state index contributed by atoms with van der Waals surface area (Å²) >= 11 is 0. The molecule has 6 heteroatoms. The van der Waals surface area contributed by atoms with Gasteiger partial charge >= 0.3 is 12.1 Å². The molecule has 1 amide bonds. The minimum Gasteiger partial charge on any atom is -0.458 e. The van der Waals surface area contributed by atoms with Gasteiger partial charge in [0.25, 0.3) is 0 Å². The fraction of sp³-hybridized carbons (Fsp3) is 0.857. The minimum absolute atomic E-state index is 0.00227. The summed E-state index contributed by atoms with van der Waals surface area (Å²) in [6.07, 6.45) is -0.231. The average Bonchev–Trinajstić information content (AvgIpc) is 2.94. The van der Waals surface area contributed by atoms with Crippen LogP contribution in [0.15, 0.2) is 0 Å². The van der Waals surface area contributed by atoms with E-state index in [1.807, 2.05) is 0 Å². The molecule has 1 aliphatic rings. The molecule has 0 aromatic carbocycles. The van der Waals surface area contributed by atoms with E-state index >= 15 is 0 Å². The summed E-state index contributed by atoms with van der Waals surface area (Å²) in [7, 11) is 0. The fourth-order valence-electron chi connectivity index (χ4n) is 1.50. The highest BCUT2D eigenvalue weighted by atomic mass is 16.6. The normalized spacial score (nSPS) is 20.0. The molecular weight excluding hydrogens is 262 g/mol. The number of nitrogens with one attached hydrogen (secondary N) is 1. The van der Waals surface area contributed by atoms with Crippen LogP contribution in [0.5, 0.6) is 0 Å². The summed E-state index contributed by atoms with van der Waals surface area (Å²) in [6.45, 7) is 11.2. The highest BCUT2D eigenvalue weighted by molar-refractivity contribution is 5.81. The third-order valence-corrected chi connectivity index (χ3v) is 2.28. The standard InChI is InChI=1S/C14H25NO5/c1-13(2,3)19-11(16)10(7-9-8-18-9)15-12(17)20-14(4,5)6/h9-10H,7-8H2,1-6H3,(H,15,17)/t9-,10-/m0/s1. The molecule has 1 rings (SSSR count). The summed E-state index contributed by atoms with van der Waals surface area (Å²) in [5.74, 6) is -0.473. The van der Waals surface area contributed by atoms with Crippen molar-refractivity contribution in [3.63, 3.8) is 0 Å². The van der Waals surface area contributed by atoms with Crippen LogP contribution in [-0.2, 0) is 19.0 Å². The molecule has 2 atom stereocenters. The summed E-state index contributed by atoms with van der Waals surface area (Å²) in [5.41, 5.74) is -1.21. The van der Waals surface area contributed by atoms with Crippen molar-refractivity contribution >= 4 is 12.1 Å². The molecular formula is C14H25NO5. The maximum atomic E-state index is 12.1. The van der Waals surface area contributed by atoms with E-state index in [-0.39, 0.29) is 6.10 Å². The highest BCUT2D eigenvalue weighted by Gasteiger charge is 2.34. The van der Waals surface area contributed by atoms with Gasteiger partial charge in [-0.15, -0.1) is 0 Å². The van der Waals surface area contributed by atoms with Gasteiger partial charge in [-0.3, -0.25) is 0 Å². The van der Waals surface area contributed by atoms with E-state index in [0.29, 0.717) is 13.0 Å². The second-order valence-corrected chi connectivity index (χ2v) is 6.92. The number of carbonyl (C=O) groups is 2. The van der Waals surface area contributed by atoms with Crippen molar-refractivity contribution < 1.29 is 23.8 Å². The zero-order chi connectivity index (χ0) is 15.6. The molecule has 1 saturated heterocycles. The van der Waals surface area contributed by atoms with Crippen molar-refractivity contribution in [3.8, 4) is 0 Å². The maximum Gasteiger partial charge on any atom is 0.408 e.